The van der Waals surface area contributed by atoms with Crippen LogP contribution < -0.4 is 0 Å². The van der Waals surface area contributed by atoms with E-state index in [1.165, 1.54) is 0 Å². The van der Waals surface area contributed by atoms with Crippen LogP contribution in [0, 0.1) is 58.2 Å². The van der Waals surface area contributed by atoms with Crippen LogP contribution in [0.3, 0.4) is 0 Å². The van der Waals surface area contributed by atoms with E-state index in [1.807, 2.05) is 54.5 Å². The van der Waals surface area contributed by atoms with Crippen molar-refractivity contribution in [3.63, 3.8) is 0 Å². The molecule has 68 heavy (non-hydrogen) atoms. The summed E-state index contributed by atoms with van der Waals surface area (Å²) in [6.45, 7) is 21.2. The van der Waals surface area contributed by atoms with Crippen molar-refractivity contribution in [3.8, 4) is 0 Å². The standard InChI is InChI=1S/C54H82O14/c1-12-35-19-34(25-55)17-28(5)47(66-42-22-40(59)48(33(10)65-42)67-41-21-39(58)46(60)32(9)64-41)26(3)15-14-16-52(11)23-29(6)30(7)24-54(52)50(62)43(51(63)68-54)49(61)53(13-2)44(35)27(4)18-36-38(57)20-37(56)31(8)45(36)53/h18-19,23,26,28,30-34,36,38-42,44-48,55,57-61H,12-17,20-22,24-25H2,1-11H3. The number of esters is 1. The Balaban J connectivity index is 1.31. The normalized spacial score (nSPS) is 47.5. The summed E-state index contributed by atoms with van der Waals surface area (Å²) in [5.74, 6) is -5.08. The van der Waals surface area contributed by atoms with Crippen molar-refractivity contribution >= 4 is 17.5 Å². The van der Waals surface area contributed by atoms with Crippen LogP contribution in [0.15, 0.2) is 46.3 Å². The Bertz CT molecular complexity index is 2000. The lowest BCUT2D eigenvalue weighted by Gasteiger charge is -2.56. The summed E-state index contributed by atoms with van der Waals surface area (Å²) in [6.07, 6.45) is 1.28. The smallest absolute Gasteiger partial charge is 0.346 e. The molecule has 0 aromatic rings. The molecule has 0 aromatic carbocycles. The van der Waals surface area contributed by atoms with Crippen molar-refractivity contribution in [1.82, 2.24) is 0 Å². The maximum absolute atomic E-state index is 15.6. The average Bonchev–Trinajstić information content (AvgIpc) is 3.53. The van der Waals surface area contributed by atoms with Crippen molar-refractivity contribution < 1.29 is 68.7 Å². The van der Waals surface area contributed by atoms with Crippen molar-refractivity contribution in [2.24, 2.45) is 58.2 Å². The van der Waals surface area contributed by atoms with Crippen LogP contribution >= 0.6 is 0 Å². The number of aliphatic hydroxyl groups is 6. The minimum absolute atomic E-state index is 0.0355. The largest absolute Gasteiger partial charge is 0.511 e. The third kappa shape index (κ3) is 9.18. The van der Waals surface area contributed by atoms with Gasteiger partial charge in [0.05, 0.1) is 36.6 Å². The predicted molar refractivity (Wildman–Crippen MR) is 252 cm³/mol. The Kier molecular flexibility index (Phi) is 15.9. The highest BCUT2D eigenvalue weighted by Gasteiger charge is 2.67. The Morgan fingerprint density at radius 3 is 2.07 bits per heavy atom. The Labute approximate surface area is 403 Å². The van der Waals surface area contributed by atoms with Gasteiger partial charge in [-0.25, -0.2) is 4.79 Å². The molecule has 4 aliphatic carbocycles. The van der Waals surface area contributed by atoms with Gasteiger partial charge in [0.1, 0.15) is 29.3 Å². The van der Waals surface area contributed by atoms with Crippen molar-refractivity contribution in [1.29, 1.82) is 0 Å². The molecule has 4 fully saturated rings. The van der Waals surface area contributed by atoms with Gasteiger partial charge in [0, 0.05) is 66.8 Å². The molecule has 1 spiro atoms. The summed E-state index contributed by atoms with van der Waals surface area (Å²) in [7, 11) is 0. The molecule has 0 aromatic heterocycles. The maximum atomic E-state index is 15.6. The quantitative estimate of drug-likeness (QED) is 0.0885. The molecule has 3 aliphatic heterocycles. The van der Waals surface area contributed by atoms with Gasteiger partial charge >= 0.3 is 5.97 Å². The number of hydrogen-bond donors (Lipinski definition) is 6. The van der Waals surface area contributed by atoms with Crippen LogP contribution in [0.4, 0.5) is 0 Å². The van der Waals surface area contributed by atoms with E-state index in [4.69, 9.17) is 23.7 Å². The highest BCUT2D eigenvalue weighted by atomic mass is 16.7. The minimum atomic E-state index is -1.60. The lowest BCUT2D eigenvalue weighted by Crippen LogP contribution is -2.57. The number of ether oxygens (including phenoxy) is 5. The molecule has 0 amide bonds. The van der Waals surface area contributed by atoms with Gasteiger partial charge in [-0.05, 0) is 83.5 Å². The van der Waals surface area contributed by atoms with Crippen molar-refractivity contribution in [2.45, 2.75) is 207 Å². The number of fused-ring (bicyclic) bond motifs is 4. The lowest BCUT2D eigenvalue weighted by atomic mass is 9.47. The van der Waals surface area contributed by atoms with E-state index in [2.05, 4.69) is 26.0 Å². The second-order valence-corrected chi connectivity index (χ2v) is 22.5. The highest BCUT2D eigenvalue weighted by Crippen LogP contribution is 2.63. The number of ketones is 2. The maximum Gasteiger partial charge on any atom is 0.346 e. The van der Waals surface area contributed by atoms with Crippen LogP contribution in [0.1, 0.15) is 140 Å². The molecule has 1 saturated carbocycles. The van der Waals surface area contributed by atoms with E-state index in [-0.39, 0.29) is 79.5 Å². The average molecular weight is 955 g/mol. The van der Waals surface area contributed by atoms with Gasteiger partial charge in [-0.3, -0.25) is 9.59 Å². The molecule has 2 bridgehead atoms. The molecule has 7 aliphatic rings. The molecule has 3 heterocycles. The zero-order chi connectivity index (χ0) is 49.9. The summed E-state index contributed by atoms with van der Waals surface area (Å²) in [6, 6.07) is 0. The van der Waals surface area contributed by atoms with E-state index >= 15 is 4.79 Å². The molecular formula is C54H82O14. The first-order valence-corrected chi connectivity index (χ1v) is 25.8. The second-order valence-electron chi connectivity index (χ2n) is 22.5. The second kappa shape index (κ2) is 20.4. The van der Waals surface area contributed by atoms with Crippen molar-refractivity contribution in [3.05, 3.63) is 46.3 Å². The van der Waals surface area contributed by atoms with E-state index in [0.717, 1.165) is 16.7 Å². The Morgan fingerprint density at radius 1 is 0.809 bits per heavy atom. The number of hydrogen-bond acceptors (Lipinski definition) is 14. The number of rotatable bonds is 7. The first kappa shape index (κ1) is 53.0. The summed E-state index contributed by atoms with van der Waals surface area (Å²) >= 11 is 0. The fraction of sp³-hybridized carbons (Fsp3) is 0.796. The number of Topliss-reactive ketones (excluding diaryl/α,β-unsaturated/α-hetero) is 2. The van der Waals surface area contributed by atoms with E-state index in [1.54, 1.807) is 13.8 Å². The fourth-order valence-corrected chi connectivity index (χ4v) is 14.3. The van der Waals surface area contributed by atoms with Gasteiger partial charge in [-0.2, -0.15) is 0 Å². The van der Waals surface area contributed by atoms with Gasteiger partial charge in [-0.1, -0.05) is 89.8 Å². The molecule has 21 unspecified atom stereocenters. The highest BCUT2D eigenvalue weighted by molar-refractivity contribution is 6.26. The number of allylic oxidation sites excluding steroid dienone is 4. The Hall–Kier alpha value is -2.79. The summed E-state index contributed by atoms with van der Waals surface area (Å²) in [5, 5.41) is 68.2. The van der Waals surface area contributed by atoms with Gasteiger partial charge in [0.15, 0.2) is 18.2 Å². The number of aliphatic hydroxyl groups excluding tert-OH is 6. The number of carbonyl (C=O) groups excluding carboxylic acids is 3. The summed E-state index contributed by atoms with van der Waals surface area (Å²) in [4.78, 5) is 44.1. The molecule has 3 saturated heterocycles. The van der Waals surface area contributed by atoms with E-state index < -0.39 is 113 Å². The van der Waals surface area contributed by atoms with Crippen LogP contribution in [0.2, 0.25) is 0 Å². The first-order valence-electron chi connectivity index (χ1n) is 25.8. The summed E-state index contributed by atoms with van der Waals surface area (Å²) in [5.41, 5.74) is -1.48. The monoisotopic (exact) mass is 955 g/mol. The van der Waals surface area contributed by atoms with Crippen LogP contribution in [0.25, 0.3) is 0 Å². The zero-order valence-corrected chi connectivity index (χ0v) is 42.4. The SMILES string of the molecule is CCC1=CC(CO)CC(C)C(OC2CC(O)C(OC3CC(O)C(O)C(C)O3)C(C)O2)C(C)CCCC2(C)C=C(C)C(C)CC23OC(=O)C(=C(O)C2(CC)C1C(C)=CC1C(O)CC(=O)C(C)C12)C3=O. The van der Waals surface area contributed by atoms with Crippen LogP contribution in [0.5, 0.6) is 0 Å². The molecule has 14 heteroatoms. The van der Waals surface area contributed by atoms with Crippen LogP contribution in [-0.2, 0) is 38.1 Å². The Morgan fingerprint density at radius 2 is 1.46 bits per heavy atom. The number of carbonyl (C=O) groups is 3. The zero-order valence-electron chi connectivity index (χ0n) is 42.4. The molecule has 14 nitrogen and oxygen atoms in total. The third-order valence-electron chi connectivity index (χ3n) is 18.1. The molecule has 21 atom stereocenters. The van der Waals surface area contributed by atoms with E-state index in [0.29, 0.717) is 32.1 Å². The molecule has 6 N–H and O–H groups in total. The third-order valence-corrected chi connectivity index (χ3v) is 18.1. The minimum Gasteiger partial charge on any atom is -0.511 e. The van der Waals surface area contributed by atoms with Gasteiger partial charge in [-0.15, -0.1) is 0 Å². The molecule has 0 radical (unpaired) electrons. The molecule has 7 rings (SSSR count). The van der Waals surface area contributed by atoms with Gasteiger partial charge in [0.25, 0.3) is 0 Å². The fourth-order valence-electron chi connectivity index (χ4n) is 14.3. The first-order chi connectivity index (χ1) is 32.0. The van der Waals surface area contributed by atoms with Crippen LogP contribution in [-0.4, -0.2) is 122 Å². The molecule has 382 valence electrons. The van der Waals surface area contributed by atoms with Gasteiger partial charge in [0.2, 0.25) is 5.78 Å². The topological polar surface area (TPSA) is 219 Å². The van der Waals surface area contributed by atoms with E-state index in [9.17, 15) is 40.2 Å². The summed E-state index contributed by atoms with van der Waals surface area (Å²) < 4.78 is 31.9. The lowest BCUT2D eigenvalue weighted by molar-refractivity contribution is -0.319. The predicted octanol–water partition coefficient (Wildman–Crippen LogP) is 6.74. The van der Waals surface area contributed by atoms with Gasteiger partial charge < -0.3 is 54.3 Å². The molecular weight excluding hydrogens is 873 g/mol. The van der Waals surface area contributed by atoms with Crippen molar-refractivity contribution in [2.75, 3.05) is 6.61 Å².